The minimum absolute atomic E-state index is 0.128. The highest BCUT2D eigenvalue weighted by Gasteiger charge is 2.30. The Morgan fingerprint density at radius 3 is 2.84 bits per heavy atom. The number of likely N-dealkylation sites (tertiary alicyclic amines) is 1. The number of carbonyl (C=O) groups excluding carboxylic acids is 1. The van der Waals surface area contributed by atoms with Crippen LogP contribution in [0.15, 0.2) is 23.4 Å². The fraction of sp³-hybridized carbons (Fsp3) is 0.600. The van der Waals surface area contributed by atoms with E-state index in [9.17, 15) is 4.79 Å². The van der Waals surface area contributed by atoms with Crippen molar-refractivity contribution in [2.24, 2.45) is 0 Å². The van der Waals surface area contributed by atoms with Crippen LogP contribution in [0.4, 0.5) is 0 Å². The summed E-state index contributed by atoms with van der Waals surface area (Å²) in [5.41, 5.74) is 1.20. The fourth-order valence-electron chi connectivity index (χ4n) is 2.50. The standard InChI is InChI=1S/C15H22N2OS/c1-11(18)17-10-6-8-13(17)12-7-5-9-16-14(12)19-15(2,3)4/h5,7,9,13H,6,8,10H2,1-4H3. The van der Waals surface area contributed by atoms with Crippen LogP contribution >= 0.6 is 11.8 Å². The first-order valence-electron chi connectivity index (χ1n) is 6.79. The Morgan fingerprint density at radius 2 is 2.21 bits per heavy atom. The molecule has 1 unspecified atom stereocenters. The van der Waals surface area contributed by atoms with Crippen molar-refractivity contribution in [2.75, 3.05) is 6.54 Å². The van der Waals surface area contributed by atoms with E-state index in [1.165, 1.54) is 5.56 Å². The highest BCUT2D eigenvalue weighted by molar-refractivity contribution is 8.00. The SMILES string of the molecule is CC(=O)N1CCCC1c1cccnc1SC(C)(C)C. The second-order valence-corrected chi connectivity index (χ2v) is 7.80. The summed E-state index contributed by atoms with van der Waals surface area (Å²) in [4.78, 5) is 18.2. The molecule has 1 saturated heterocycles. The summed E-state index contributed by atoms with van der Waals surface area (Å²) in [6, 6.07) is 4.29. The van der Waals surface area contributed by atoms with Crippen molar-refractivity contribution >= 4 is 17.7 Å². The van der Waals surface area contributed by atoms with Gasteiger partial charge in [-0.25, -0.2) is 4.98 Å². The Balaban J connectivity index is 2.31. The average molecular weight is 278 g/mol. The van der Waals surface area contributed by atoms with E-state index in [1.807, 2.05) is 17.2 Å². The molecule has 0 saturated carbocycles. The van der Waals surface area contributed by atoms with E-state index < -0.39 is 0 Å². The molecule has 19 heavy (non-hydrogen) atoms. The topological polar surface area (TPSA) is 33.2 Å². The second kappa shape index (κ2) is 5.53. The Kier molecular flexibility index (Phi) is 4.19. The van der Waals surface area contributed by atoms with Gasteiger partial charge in [-0.1, -0.05) is 26.8 Å². The lowest BCUT2D eigenvalue weighted by Crippen LogP contribution is -2.28. The number of pyridine rings is 1. The predicted molar refractivity (Wildman–Crippen MR) is 79.2 cm³/mol. The van der Waals surface area contributed by atoms with Crippen LogP contribution in [0.1, 0.15) is 52.1 Å². The minimum atomic E-state index is 0.128. The number of hydrogen-bond acceptors (Lipinski definition) is 3. The Labute approximate surface area is 119 Å². The summed E-state index contributed by atoms with van der Waals surface area (Å²) in [6.45, 7) is 9.09. The third-order valence-electron chi connectivity index (χ3n) is 3.22. The van der Waals surface area contributed by atoms with Crippen LogP contribution in [0.25, 0.3) is 0 Å². The normalized spacial score (nSPS) is 19.8. The number of hydrogen-bond donors (Lipinski definition) is 0. The second-order valence-electron chi connectivity index (χ2n) is 5.98. The van der Waals surface area contributed by atoms with Gasteiger partial charge in [-0.15, -0.1) is 11.8 Å². The number of nitrogens with zero attached hydrogens (tertiary/aromatic N) is 2. The lowest BCUT2D eigenvalue weighted by Gasteiger charge is -2.26. The van der Waals surface area contributed by atoms with Crippen LogP contribution in [-0.2, 0) is 4.79 Å². The molecule has 104 valence electrons. The van der Waals surface area contributed by atoms with Gasteiger partial charge < -0.3 is 4.90 Å². The Hall–Kier alpha value is -1.03. The van der Waals surface area contributed by atoms with Gasteiger partial charge in [0.05, 0.1) is 6.04 Å². The van der Waals surface area contributed by atoms with Crippen molar-refractivity contribution in [2.45, 2.75) is 56.4 Å². The van der Waals surface area contributed by atoms with Gasteiger partial charge in [-0.2, -0.15) is 0 Å². The van der Waals surface area contributed by atoms with Crippen LogP contribution in [0.2, 0.25) is 0 Å². The largest absolute Gasteiger partial charge is 0.336 e. The van der Waals surface area contributed by atoms with Gasteiger partial charge in [0.15, 0.2) is 0 Å². The highest BCUT2D eigenvalue weighted by Crippen LogP contribution is 2.39. The summed E-state index contributed by atoms with van der Waals surface area (Å²) < 4.78 is 0.128. The van der Waals surface area contributed by atoms with Gasteiger partial charge in [-0.05, 0) is 18.9 Å². The molecule has 1 aromatic heterocycles. The molecule has 1 amide bonds. The fourth-order valence-corrected chi connectivity index (χ4v) is 3.51. The summed E-state index contributed by atoms with van der Waals surface area (Å²) in [7, 11) is 0. The van der Waals surface area contributed by atoms with Crippen LogP contribution in [0.5, 0.6) is 0 Å². The molecule has 1 aliphatic heterocycles. The van der Waals surface area contributed by atoms with Crippen LogP contribution in [0.3, 0.4) is 0 Å². The molecule has 0 radical (unpaired) electrons. The van der Waals surface area contributed by atoms with Crippen molar-refractivity contribution < 1.29 is 4.79 Å². The van der Waals surface area contributed by atoms with E-state index in [0.29, 0.717) is 0 Å². The van der Waals surface area contributed by atoms with E-state index in [-0.39, 0.29) is 16.7 Å². The lowest BCUT2D eigenvalue weighted by molar-refractivity contribution is -0.129. The molecule has 0 N–H and O–H groups in total. The van der Waals surface area contributed by atoms with E-state index in [0.717, 1.165) is 24.4 Å². The first kappa shape index (κ1) is 14.4. The van der Waals surface area contributed by atoms with Gasteiger partial charge in [0.2, 0.25) is 5.91 Å². The summed E-state index contributed by atoms with van der Waals surface area (Å²) >= 11 is 1.78. The van der Waals surface area contributed by atoms with Crippen LogP contribution in [0, 0.1) is 0 Å². The number of rotatable bonds is 2. The first-order chi connectivity index (χ1) is 8.88. The highest BCUT2D eigenvalue weighted by atomic mass is 32.2. The van der Waals surface area contributed by atoms with Gasteiger partial charge in [-0.3, -0.25) is 4.79 Å². The van der Waals surface area contributed by atoms with Crippen molar-refractivity contribution in [1.82, 2.24) is 9.88 Å². The molecule has 1 fully saturated rings. The monoisotopic (exact) mass is 278 g/mol. The zero-order chi connectivity index (χ0) is 14.0. The van der Waals surface area contributed by atoms with Crippen LogP contribution in [-0.4, -0.2) is 27.1 Å². The molecule has 2 heterocycles. The zero-order valence-electron chi connectivity index (χ0n) is 12.1. The number of aromatic nitrogens is 1. The Bertz CT molecular complexity index is 467. The van der Waals surface area contributed by atoms with Gasteiger partial charge in [0.25, 0.3) is 0 Å². The molecule has 1 atom stereocenters. The Morgan fingerprint density at radius 1 is 1.47 bits per heavy atom. The summed E-state index contributed by atoms with van der Waals surface area (Å²) in [5.74, 6) is 0.165. The number of carbonyl (C=O) groups is 1. The molecular formula is C15H22N2OS. The smallest absolute Gasteiger partial charge is 0.219 e. The third-order valence-corrected chi connectivity index (χ3v) is 4.37. The van der Waals surface area contributed by atoms with E-state index in [4.69, 9.17) is 0 Å². The van der Waals surface area contributed by atoms with Crippen molar-refractivity contribution in [3.05, 3.63) is 23.9 Å². The minimum Gasteiger partial charge on any atom is -0.336 e. The van der Waals surface area contributed by atoms with Gasteiger partial charge >= 0.3 is 0 Å². The van der Waals surface area contributed by atoms with Gasteiger partial charge in [0, 0.05) is 30.0 Å². The average Bonchev–Trinajstić information content (AvgIpc) is 2.76. The van der Waals surface area contributed by atoms with Crippen molar-refractivity contribution in [3.8, 4) is 0 Å². The van der Waals surface area contributed by atoms with E-state index in [2.05, 4.69) is 31.8 Å². The maximum absolute atomic E-state index is 11.7. The van der Waals surface area contributed by atoms with E-state index >= 15 is 0 Å². The summed E-state index contributed by atoms with van der Waals surface area (Å²) in [5, 5.41) is 1.06. The molecule has 0 aliphatic carbocycles. The molecule has 2 rings (SSSR count). The summed E-state index contributed by atoms with van der Waals surface area (Å²) in [6.07, 6.45) is 3.96. The first-order valence-corrected chi connectivity index (χ1v) is 7.61. The van der Waals surface area contributed by atoms with Crippen LogP contribution < -0.4 is 0 Å². The zero-order valence-corrected chi connectivity index (χ0v) is 13.0. The molecule has 0 aromatic carbocycles. The molecule has 0 spiro atoms. The number of thioether (sulfide) groups is 1. The molecule has 0 bridgehead atoms. The maximum Gasteiger partial charge on any atom is 0.219 e. The van der Waals surface area contributed by atoms with Crippen molar-refractivity contribution in [1.29, 1.82) is 0 Å². The van der Waals surface area contributed by atoms with Gasteiger partial charge in [0.1, 0.15) is 5.03 Å². The lowest BCUT2D eigenvalue weighted by atomic mass is 10.1. The molecule has 4 heteroatoms. The number of amides is 1. The van der Waals surface area contributed by atoms with Crippen molar-refractivity contribution in [3.63, 3.8) is 0 Å². The molecule has 1 aliphatic rings. The third kappa shape index (κ3) is 3.50. The molecule has 3 nitrogen and oxygen atoms in total. The maximum atomic E-state index is 11.7. The molecular weight excluding hydrogens is 256 g/mol. The quantitative estimate of drug-likeness (QED) is 0.774. The predicted octanol–water partition coefficient (Wildman–Crippen LogP) is 3.66. The van der Waals surface area contributed by atoms with E-state index in [1.54, 1.807) is 18.7 Å². The molecule has 1 aromatic rings.